The summed E-state index contributed by atoms with van der Waals surface area (Å²) in [6.45, 7) is 3.67. The summed E-state index contributed by atoms with van der Waals surface area (Å²) in [4.78, 5) is 1.82. The molecule has 1 heterocycles. The van der Waals surface area contributed by atoms with Crippen molar-refractivity contribution in [2.45, 2.75) is 25.6 Å². The molecule has 1 atom stereocenters. The van der Waals surface area contributed by atoms with Crippen LogP contribution in [0, 0.1) is 0 Å². The second kappa shape index (κ2) is 4.28. The van der Waals surface area contributed by atoms with Gasteiger partial charge in [0.15, 0.2) is 0 Å². The van der Waals surface area contributed by atoms with E-state index in [9.17, 15) is 13.2 Å². The summed E-state index contributed by atoms with van der Waals surface area (Å²) >= 11 is 0. The van der Waals surface area contributed by atoms with Crippen molar-refractivity contribution < 1.29 is 17.9 Å². The lowest BCUT2D eigenvalue weighted by Gasteiger charge is -2.33. The van der Waals surface area contributed by atoms with E-state index in [0.717, 1.165) is 0 Å². The lowest BCUT2D eigenvalue weighted by molar-refractivity contribution is -0.142. The topological polar surface area (TPSA) is 12.5 Å². The van der Waals surface area contributed by atoms with Crippen molar-refractivity contribution in [1.82, 2.24) is 4.90 Å². The molecule has 13 heavy (non-hydrogen) atoms. The van der Waals surface area contributed by atoms with E-state index in [1.165, 1.54) is 0 Å². The molecule has 5 heteroatoms. The van der Waals surface area contributed by atoms with Crippen molar-refractivity contribution in [2.24, 2.45) is 0 Å². The van der Waals surface area contributed by atoms with Crippen LogP contribution in [0.1, 0.15) is 13.3 Å². The van der Waals surface area contributed by atoms with E-state index >= 15 is 0 Å². The van der Waals surface area contributed by atoms with Gasteiger partial charge in [0.25, 0.3) is 0 Å². The van der Waals surface area contributed by atoms with Gasteiger partial charge in [-0.25, -0.2) is 0 Å². The van der Waals surface area contributed by atoms with Crippen LogP contribution in [0.4, 0.5) is 13.2 Å². The summed E-state index contributed by atoms with van der Waals surface area (Å²) in [5.74, 6) is 0. The second-order valence-electron chi connectivity index (χ2n) is 3.33. The van der Waals surface area contributed by atoms with Crippen LogP contribution in [0.2, 0.25) is 0 Å². The molecule has 0 aromatic rings. The molecule has 1 saturated heterocycles. The largest absolute Gasteiger partial charge is 0.390 e. The first-order valence-corrected chi connectivity index (χ1v) is 4.37. The second-order valence-corrected chi connectivity index (χ2v) is 3.33. The summed E-state index contributed by atoms with van der Waals surface area (Å²) in [7, 11) is 0. The number of alkyl halides is 3. The first-order valence-electron chi connectivity index (χ1n) is 4.37. The van der Waals surface area contributed by atoms with Gasteiger partial charge in [-0.1, -0.05) is 0 Å². The molecule has 78 valence electrons. The molecule has 1 aliphatic heterocycles. The van der Waals surface area contributed by atoms with Crippen molar-refractivity contribution in [2.75, 3.05) is 26.3 Å². The van der Waals surface area contributed by atoms with E-state index in [1.807, 2.05) is 11.8 Å². The number of halogens is 3. The average Bonchev–Trinajstić information content (AvgIpc) is 2.01. The van der Waals surface area contributed by atoms with Crippen LogP contribution in [0.5, 0.6) is 0 Å². The average molecular weight is 197 g/mol. The molecule has 0 aromatic carbocycles. The highest BCUT2D eigenvalue weighted by molar-refractivity contribution is 4.71. The fraction of sp³-hybridized carbons (Fsp3) is 1.00. The Labute approximate surface area is 75.7 Å². The van der Waals surface area contributed by atoms with E-state index in [4.69, 9.17) is 4.74 Å². The highest BCUT2D eigenvalue weighted by Gasteiger charge is 2.29. The molecule has 0 bridgehead atoms. The number of hydrogen-bond acceptors (Lipinski definition) is 2. The van der Waals surface area contributed by atoms with Gasteiger partial charge in [0.05, 0.1) is 19.6 Å². The summed E-state index contributed by atoms with van der Waals surface area (Å²) < 4.78 is 40.8. The molecule has 0 spiro atoms. The minimum Gasteiger partial charge on any atom is -0.379 e. The van der Waals surface area contributed by atoms with E-state index in [-0.39, 0.29) is 12.6 Å². The van der Waals surface area contributed by atoms with Gasteiger partial charge in [0, 0.05) is 19.1 Å². The lowest BCUT2D eigenvalue weighted by atomic mass is 10.2. The minimum absolute atomic E-state index is 0.0913. The van der Waals surface area contributed by atoms with Crippen molar-refractivity contribution in [1.29, 1.82) is 0 Å². The van der Waals surface area contributed by atoms with Gasteiger partial charge in [-0.15, -0.1) is 0 Å². The predicted molar refractivity (Wildman–Crippen MR) is 42.5 cm³/mol. The van der Waals surface area contributed by atoms with E-state index in [0.29, 0.717) is 19.8 Å². The van der Waals surface area contributed by atoms with E-state index in [2.05, 4.69) is 0 Å². The normalized spacial score (nSPS) is 26.3. The number of ether oxygens (including phenoxy) is 1. The Balaban J connectivity index is 2.27. The maximum atomic E-state index is 11.9. The highest BCUT2D eigenvalue weighted by atomic mass is 19.4. The summed E-state index contributed by atoms with van der Waals surface area (Å²) in [5.41, 5.74) is 0. The predicted octanol–water partition coefficient (Wildman–Crippen LogP) is 1.66. The van der Waals surface area contributed by atoms with Crippen LogP contribution < -0.4 is 0 Å². The van der Waals surface area contributed by atoms with E-state index in [1.54, 1.807) is 0 Å². The maximum absolute atomic E-state index is 11.9. The quantitative estimate of drug-likeness (QED) is 0.667. The monoisotopic (exact) mass is 197 g/mol. The Hall–Kier alpha value is -0.290. The smallest absolute Gasteiger partial charge is 0.379 e. The van der Waals surface area contributed by atoms with Crippen LogP contribution in [0.3, 0.4) is 0 Å². The number of hydrogen-bond donors (Lipinski definition) is 0. The highest BCUT2D eigenvalue weighted by Crippen LogP contribution is 2.20. The Kier molecular flexibility index (Phi) is 3.55. The molecule has 1 aliphatic rings. The fourth-order valence-corrected chi connectivity index (χ4v) is 1.36. The van der Waals surface area contributed by atoms with E-state index < -0.39 is 12.6 Å². The number of morpholine rings is 1. The molecular weight excluding hydrogens is 183 g/mol. The van der Waals surface area contributed by atoms with Gasteiger partial charge in [0.2, 0.25) is 0 Å². The molecule has 2 nitrogen and oxygen atoms in total. The Bertz CT molecular complexity index is 160. The third-order valence-electron chi connectivity index (χ3n) is 2.19. The molecule has 0 aliphatic carbocycles. The molecule has 0 radical (unpaired) electrons. The fourth-order valence-electron chi connectivity index (χ4n) is 1.36. The van der Waals surface area contributed by atoms with Crippen molar-refractivity contribution in [3.63, 3.8) is 0 Å². The Morgan fingerprint density at radius 1 is 1.46 bits per heavy atom. The molecule has 1 fully saturated rings. The third kappa shape index (κ3) is 3.95. The van der Waals surface area contributed by atoms with Crippen LogP contribution in [0.25, 0.3) is 0 Å². The molecule has 0 aromatic heterocycles. The first kappa shape index (κ1) is 10.8. The van der Waals surface area contributed by atoms with Gasteiger partial charge in [0.1, 0.15) is 0 Å². The maximum Gasteiger partial charge on any atom is 0.390 e. The summed E-state index contributed by atoms with van der Waals surface area (Å²) in [6.07, 6.45) is -4.77. The Morgan fingerprint density at radius 3 is 2.69 bits per heavy atom. The van der Waals surface area contributed by atoms with Crippen LogP contribution in [-0.2, 0) is 4.74 Å². The summed E-state index contributed by atoms with van der Waals surface area (Å²) in [6, 6.07) is 0.107. The van der Waals surface area contributed by atoms with Crippen molar-refractivity contribution in [3.8, 4) is 0 Å². The standard InChI is InChI=1S/C8H14F3NO/c1-7-6-13-5-4-12(7)3-2-8(9,10)11/h7H,2-6H2,1H3. The molecular formula is C8H14F3NO. The zero-order valence-corrected chi connectivity index (χ0v) is 7.60. The van der Waals surface area contributed by atoms with Gasteiger partial charge in [-0.05, 0) is 6.92 Å². The zero-order chi connectivity index (χ0) is 9.90. The lowest BCUT2D eigenvalue weighted by Crippen LogP contribution is -2.44. The number of nitrogens with zero attached hydrogens (tertiary/aromatic N) is 1. The van der Waals surface area contributed by atoms with Gasteiger partial charge in [-0.3, -0.25) is 4.90 Å². The van der Waals surface area contributed by atoms with Crippen LogP contribution in [0.15, 0.2) is 0 Å². The number of rotatable bonds is 2. The van der Waals surface area contributed by atoms with Crippen LogP contribution in [-0.4, -0.2) is 43.4 Å². The van der Waals surface area contributed by atoms with Gasteiger partial charge < -0.3 is 4.74 Å². The molecule has 0 saturated carbocycles. The van der Waals surface area contributed by atoms with Crippen molar-refractivity contribution in [3.05, 3.63) is 0 Å². The van der Waals surface area contributed by atoms with Gasteiger partial charge >= 0.3 is 6.18 Å². The molecule has 0 amide bonds. The molecule has 1 rings (SSSR count). The molecule has 0 N–H and O–H groups in total. The zero-order valence-electron chi connectivity index (χ0n) is 7.60. The summed E-state index contributed by atoms with van der Waals surface area (Å²) in [5, 5.41) is 0. The van der Waals surface area contributed by atoms with Crippen molar-refractivity contribution >= 4 is 0 Å². The van der Waals surface area contributed by atoms with Crippen LogP contribution >= 0.6 is 0 Å². The first-order chi connectivity index (χ1) is 5.99. The molecule has 1 unspecified atom stereocenters. The SMILES string of the molecule is CC1COCCN1CCC(F)(F)F. The third-order valence-corrected chi connectivity index (χ3v) is 2.19. The van der Waals surface area contributed by atoms with Gasteiger partial charge in [-0.2, -0.15) is 13.2 Å². The Morgan fingerprint density at radius 2 is 2.15 bits per heavy atom. The minimum atomic E-state index is -4.04.